The SMILES string of the molecule is C=CCOCC1C=CCCOO1.O=S(=O)([O-])[O-].[Na+].[Na+]. The van der Waals surface area contributed by atoms with Crippen molar-refractivity contribution in [2.45, 2.75) is 12.5 Å². The van der Waals surface area contributed by atoms with Gasteiger partial charge in [0.05, 0.1) is 19.8 Å². The molecule has 0 saturated carbocycles. The molecule has 0 aliphatic carbocycles. The molecular formula is C9H14Na2O7S. The van der Waals surface area contributed by atoms with Crippen LogP contribution in [0.5, 0.6) is 0 Å². The van der Waals surface area contributed by atoms with E-state index in [0.717, 1.165) is 6.42 Å². The largest absolute Gasteiger partial charge is 1.00 e. The molecule has 1 heterocycles. The van der Waals surface area contributed by atoms with Crippen molar-refractivity contribution in [3.63, 3.8) is 0 Å². The summed E-state index contributed by atoms with van der Waals surface area (Å²) < 4.78 is 39.3. The minimum atomic E-state index is -5.17. The monoisotopic (exact) mass is 312 g/mol. The van der Waals surface area contributed by atoms with E-state index in [2.05, 4.69) is 6.58 Å². The molecule has 10 heteroatoms. The van der Waals surface area contributed by atoms with E-state index in [1.54, 1.807) is 6.08 Å². The van der Waals surface area contributed by atoms with Gasteiger partial charge in [-0.15, -0.1) is 6.58 Å². The molecule has 0 radical (unpaired) electrons. The second kappa shape index (κ2) is 15.6. The fraction of sp³-hybridized carbons (Fsp3) is 0.556. The number of ether oxygens (including phenoxy) is 1. The van der Waals surface area contributed by atoms with Gasteiger partial charge in [0.15, 0.2) is 0 Å². The van der Waals surface area contributed by atoms with E-state index in [9.17, 15) is 0 Å². The Morgan fingerprint density at radius 2 is 2.00 bits per heavy atom. The van der Waals surface area contributed by atoms with E-state index >= 15 is 0 Å². The Balaban J connectivity index is -0.000000320. The van der Waals surface area contributed by atoms with Crippen LogP contribution in [0.25, 0.3) is 0 Å². The van der Waals surface area contributed by atoms with Crippen LogP contribution in [0.15, 0.2) is 24.8 Å². The topological polar surface area (TPSA) is 108 Å². The van der Waals surface area contributed by atoms with Crippen LogP contribution in [-0.4, -0.2) is 43.4 Å². The first-order valence-corrected chi connectivity index (χ1v) is 6.07. The van der Waals surface area contributed by atoms with Crippen molar-refractivity contribution in [2.24, 2.45) is 0 Å². The summed E-state index contributed by atoms with van der Waals surface area (Å²) in [6.07, 6.45) is 6.53. The summed E-state index contributed by atoms with van der Waals surface area (Å²) in [5.41, 5.74) is 0. The normalized spacial score (nSPS) is 17.9. The summed E-state index contributed by atoms with van der Waals surface area (Å²) in [7, 11) is -5.17. The minimum absolute atomic E-state index is 0. The van der Waals surface area contributed by atoms with Crippen molar-refractivity contribution in [1.82, 2.24) is 0 Å². The second-order valence-electron chi connectivity index (χ2n) is 2.91. The van der Waals surface area contributed by atoms with Gasteiger partial charge in [-0.05, 0) is 6.42 Å². The van der Waals surface area contributed by atoms with Crippen LogP contribution in [0, 0.1) is 0 Å². The summed E-state index contributed by atoms with van der Waals surface area (Å²) in [6, 6.07) is 0. The van der Waals surface area contributed by atoms with Gasteiger partial charge in [-0.3, -0.25) is 8.42 Å². The molecule has 1 rings (SSSR count). The third-order valence-corrected chi connectivity index (χ3v) is 1.43. The third-order valence-electron chi connectivity index (χ3n) is 1.43. The molecule has 19 heavy (non-hydrogen) atoms. The Bertz CT molecular complexity index is 323. The standard InChI is InChI=1S/C9H14O3.2Na.H2O4S/c1-2-6-10-8-9-5-3-4-7-11-12-9;;;1-5(2,3)4/h2-3,5,9H,1,4,6-8H2;;;(H2,1,2,3,4)/q;2*+1;/p-2. The zero-order valence-electron chi connectivity index (χ0n) is 11.1. The van der Waals surface area contributed by atoms with E-state index < -0.39 is 10.4 Å². The van der Waals surface area contributed by atoms with Crippen LogP contribution in [0.3, 0.4) is 0 Å². The molecule has 0 saturated heterocycles. The van der Waals surface area contributed by atoms with Crippen molar-refractivity contribution in [2.75, 3.05) is 19.8 Å². The Morgan fingerprint density at radius 3 is 2.53 bits per heavy atom. The smallest absolute Gasteiger partial charge is 0.759 e. The molecule has 0 aromatic heterocycles. The molecular weight excluding hydrogens is 298 g/mol. The van der Waals surface area contributed by atoms with Crippen LogP contribution in [0.4, 0.5) is 0 Å². The third kappa shape index (κ3) is 24.6. The zero-order valence-corrected chi connectivity index (χ0v) is 15.9. The van der Waals surface area contributed by atoms with Gasteiger partial charge < -0.3 is 13.8 Å². The van der Waals surface area contributed by atoms with Gasteiger partial charge in [0.25, 0.3) is 0 Å². The Morgan fingerprint density at radius 1 is 1.42 bits per heavy atom. The van der Waals surface area contributed by atoms with Gasteiger partial charge in [-0.2, -0.15) is 0 Å². The van der Waals surface area contributed by atoms with Crippen LogP contribution < -0.4 is 59.1 Å². The number of hydrogen-bond donors (Lipinski definition) is 0. The van der Waals surface area contributed by atoms with E-state index in [1.807, 2.05) is 12.2 Å². The fourth-order valence-corrected chi connectivity index (χ4v) is 0.883. The molecule has 100 valence electrons. The van der Waals surface area contributed by atoms with Gasteiger partial charge in [-0.1, -0.05) is 18.2 Å². The van der Waals surface area contributed by atoms with Gasteiger partial charge in [-0.25, -0.2) is 9.78 Å². The van der Waals surface area contributed by atoms with Crippen LogP contribution in [0.2, 0.25) is 0 Å². The van der Waals surface area contributed by atoms with Crippen LogP contribution >= 0.6 is 0 Å². The summed E-state index contributed by atoms with van der Waals surface area (Å²) in [4.78, 5) is 9.87. The Hall–Kier alpha value is 1.23. The van der Waals surface area contributed by atoms with Gasteiger partial charge in [0, 0.05) is 10.4 Å². The molecule has 1 aliphatic heterocycles. The van der Waals surface area contributed by atoms with Crippen molar-refractivity contribution in [3.05, 3.63) is 24.8 Å². The van der Waals surface area contributed by atoms with E-state index in [-0.39, 0.29) is 65.2 Å². The maximum atomic E-state index is 8.52. The number of hydrogen-bond acceptors (Lipinski definition) is 7. The molecule has 0 aromatic rings. The average Bonchev–Trinajstić information content (AvgIpc) is 2.44. The maximum Gasteiger partial charge on any atom is 1.00 e. The Labute approximate surface area is 157 Å². The molecule has 0 amide bonds. The predicted molar refractivity (Wildman–Crippen MR) is 56.1 cm³/mol. The van der Waals surface area contributed by atoms with Crippen LogP contribution in [-0.2, 0) is 24.9 Å². The fourth-order valence-electron chi connectivity index (χ4n) is 0.883. The van der Waals surface area contributed by atoms with Crippen molar-refractivity contribution in [3.8, 4) is 0 Å². The molecule has 1 unspecified atom stereocenters. The molecule has 0 aromatic carbocycles. The summed E-state index contributed by atoms with van der Waals surface area (Å²) in [5.74, 6) is 0. The van der Waals surface area contributed by atoms with Crippen molar-refractivity contribution >= 4 is 10.4 Å². The summed E-state index contributed by atoms with van der Waals surface area (Å²) in [5, 5.41) is 0. The first-order valence-electron chi connectivity index (χ1n) is 4.73. The second-order valence-corrected chi connectivity index (χ2v) is 3.72. The van der Waals surface area contributed by atoms with E-state index in [0.29, 0.717) is 19.8 Å². The van der Waals surface area contributed by atoms with Crippen molar-refractivity contribution < 1.29 is 91.1 Å². The average molecular weight is 312 g/mol. The van der Waals surface area contributed by atoms with Crippen LogP contribution in [0.1, 0.15) is 6.42 Å². The molecule has 0 bridgehead atoms. The van der Waals surface area contributed by atoms with Gasteiger partial charge in [0.1, 0.15) is 6.10 Å². The summed E-state index contributed by atoms with van der Waals surface area (Å²) >= 11 is 0. The molecule has 1 atom stereocenters. The first kappa shape index (κ1) is 25.2. The summed E-state index contributed by atoms with van der Waals surface area (Å²) in [6.45, 7) is 5.23. The van der Waals surface area contributed by atoms with Crippen molar-refractivity contribution in [1.29, 1.82) is 0 Å². The molecule has 1 aliphatic rings. The predicted octanol–water partition coefficient (Wildman–Crippen LogP) is -5.86. The minimum Gasteiger partial charge on any atom is -0.759 e. The van der Waals surface area contributed by atoms with E-state index in [1.165, 1.54) is 0 Å². The quantitative estimate of drug-likeness (QED) is 0.127. The maximum absolute atomic E-state index is 8.52. The van der Waals surface area contributed by atoms with Gasteiger partial charge in [0.2, 0.25) is 0 Å². The first-order chi connectivity index (χ1) is 7.93. The van der Waals surface area contributed by atoms with E-state index in [4.69, 9.17) is 32.0 Å². The number of rotatable bonds is 4. The molecule has 0 spiro atoms. The molecule has 0 fully saturated rings. The molecule has 7 nitrogen and oxygen atoms in total. The van der Waals surface area contributed by atoms with Gasteiger partial charge >= 0.3 is 59.1 Å². The molecule has 0 N–H and O–H groups in total. The Kier molecular flexibility index (Phi) is 20.7. The zero-order chi connectivity index (χ0) is 13.1.